The fourth-order valence-electron chi connectivity index (χ4n) is 5.25. The van der Waals surface area contributed by atoms with Crippen LogP contribution in [0, 0.1) is 5.92 Å². The summed E-state index contributed by atoms with van der Waals surface area (Å²) in [4.78, 5) is 26.9. The van der Waals surface area contributed by atoms with Gasteiger partial charge >= 0.3 is 5.97 Å². The summed E-state index contributed by atoms with van der Waals surface area (Å²) in [6.07, 6.45) is 8.17. The van der Waals surface area contributed by atoms with Gasteiger partial charge in [-0.1, -0.05) is 35.9 Å². The molecule has 0 aromatic heterocycles. The predicted molar refractivity (Wildman–Crippen MR) is 132 cm³/mol. The minimum Gasteiger partial charge on any atom is -0.488 e. The van der Waals surface area contributed by atoms with Crippen molar-refractivity contribution in [3.63, 3.8) is 0 Å². The number of benzene rings is 2. The number of fused-ring (bicyclic) bond motifs is 2. The van der Waals surface area contributed by atoms with Crippen LogP contribution in [-0.4, -0.2) is 22.6 Å². The summed E-state index contributed by atoms with van der Waals surface area (Å²) in [6, 6.07) is 11.6. The van der Waals surface area contributed by atoms with Gasteiger partial charge in [0.05, 0.1) is 17.5 Å². The molecule has 2 aromatic rings. The first kappa shape index (κ1) is 22.7. The Labute approximate surface area is 204 Å². The van der Waals surface area contributed by atoms with Crippen LogP contribution in [0.1, 0.15) is 56.7 Å². The monoisotopic (exact) mass is 477 g/mol. The molecule has 2 heterocycles. The summed E-state index contributed by atoms with van der Waals surface area (Å²) in [5, 5.41) is 9.69. The SMILES string of the molecule is CC1(C)CCc2cc(C3(C)C(=O)N(C4=CCC(CC(=O)O)C=C4)c4ccc(Cl)cc43)ccc2O1. The van der Waals surface area contributed by atoms with Gasteiger partial charge in [-0.2, -0.15) is 0 Å². The topological polar surface area (TPSA) is 66.8 Å². The Morgan fingerprint density at radius 1 is 1.21 bits per heavy atom. The number of aryl methyl sites for hydroxylation is 1. The van der Waals surface area contributed by atoms with Crippen LogP contribution in [0.3, 0.4) is 0 Å². The van der Waals surface area contributed by atoms with Gasteiger partial charge in [-0.15, -0.1) is 0 Å². The summed E-state index contributed by atoms with van der Waals surface area (Å²) in [7, 11) is 0. The smallest absolute Gasteiger partial charge is 0.303 e. The number of ether oxygens (including phenoxy) is 1. The number of amides is 1. The number of hydrogen-bond acceptors (Lipinski definition) is 3. The minimum absolute atomic E-state index is 0.0469. The van der Waals surface area contributed by atoms with Gasteiger partial charge in [0.1, 0.15) is 11.4 Å². The highest BCUT2D eigenvalue weighted by atomic mass is 35.5. The van der Waals surface area contributed by atoms with Crippen molar-refractivity contribution in [3.8, 4) is 5.75 Å². The molecule has 5 rings (SSSR count). The van der Waals surface area contributed by atoms with E-state index in [2.05, 4.69) is 19.9 Å². The van der Waals surface area contributed by atoms with Crippen molar-refractivity contribution in [2.45, 2.75) is 57.5 Å². The second-order valence-electron chi connectivity index (χ2n) is 10.2. The molecule has 2 aromatic carbocycles. The van der Waals surface area contributed by atoms with Crippen molar-refractivity contribution in [3.05, 3.63) is 82.0 Å². The number of nitrogens with zero attached hydrogens (tertiary/aromatic N) is 1. The number of halogens is 1. The average Bonchev–Trinajstić information content (AvgIpc) is 3.00. The van der Waals surface area contributed by atoms with E-state index in [1.165, 1.54) is 0 Å². The number of allylic oxidation sites excluding steroid dienone is 3. The summed E-state index contributed by atoms with van der Waals surface area (Å²) in [5.41, 5.74) is 3.35. The van der Waals surface area contributed by atoms with Gasteiger partial charge in [-0.25, -0.2) is 0 Å². The summed E-state index contributed by atoms with van der Waals surface area (Å²) in [5.74, 6) is -0.0648. The van der Waals surface area contributed by atoms with Gasteiger partial charge < -0.3 is 9.84 Å². The fourth-order valence-corrected chi connectivity index (χ4v) is 5.42. The maximum absolute atomic E-state index is 14.1. The molecule has 0 saturated carbocycles. The molecule has 6 heteroatoms. The number of carbonyl (C=O) groups excluding carboxylic acids is 1. The molecule has 2 unspecified atom stereocenters. The Bertz CT molecular complexity index is 1260. The van der Waals surface area contributed by atoms with Gasteiger partial charge in [0.25, 0.3) is 0 Å². The van der Waals surface area contributed by atoms with Gasteiger partial charge in [-0.05, 0) is 93.0 Å². The third kappa shape index (κ3) is 3.72. The summed E-state index contributed by atoms with van der Waals surface area (Å²) in [6.45, 7) is 6.14. The van der Waals surface area contributed by atoms with Crippen LogP contribution in [0.4, 0.5) is 5.69 Å². The summed E-state index contributed by atoms with van der Waals surface area (Å²) < 4.78 is 6.16. The molecule has 0 radical (unpaired) electrons. The largest absolute Gasteiger partial charge is 0.488 e. The third-order valence-electron chi connectivity index (χ3n) is 7.25. The van der Waals surface area contributed by atoms with Crippen molar-refractivity contribution in [2.24, 2.45) is 5.92 Å². The lowest BCUT2D eigenvalue weighted by atomic mass is 9.76. The number of carboxylic acids is 1. The second kappa shape index (κ2) is 8.02. The Morgan fingerprint density at radius 2 is 2.00 bits per heavy atom. The lowest BCUT2D eigenvalue weighted by Crippen LogP contribution is -2.39. The molecule has 0 saturated heterocycles. The Balaban J connectivity index is 1.55. The maximum Gasteiger partial charge on any atom is 0.303 e. The van der Waals surface area contributed by atoms with E-state index < -0.39 is 11.4 Å². The molecule has 34 heavy (non-hydrogen) atoms. The molecule has 0 bridgehead atoms. The zero-order valence-corrected chi connectivity index (χ0v) is 20.4. The zero-order valence-electron chi connectivity index (χ0n) is 19.6. The first-order chi connectivity index (χ1) is 16.1. The third-order valence-corrected chi connectivity index (χ3v) is 7.49. The molecule has 1 aliphatic carbocycles. The highest BCUT2D eigenvalue weighted by Crippen LogP contribution is 2.50. The van der Waals surface area contributed by atoms with Gasteiger partial charge in [0.15, 0.2) is 0 Å². The van der Waals surface area contributed by atoms with E-state index in [4.69, 9.17) is 21.4 Å². The number of aliphatic carboxylic acids is 1. The van der Waals surface area contributed by atoms with Crippen molar-refractivity contribution < 1.29 is 19.4 Å². The number of hydrogen-bond donors (Lipinski definition) is 1. The standard InChI is InChI=1S/C28H28ClNO4/c1-27(2)13-12-18-15-19(6-11-24(18)34-27)28(3)22-16-20(29)7-10-23(22)30(26(28)33)21-8-4-17(5-9-21)14-25(31)32/h4,6-11,15-17H,5,12-14H2,1-3H3,(H,31,32). The molecule has 3 aliphatic rings. The van der Waals surface area contributed by atoms with E-state index in [-0.39, 0.29) is 23.8 Å². The molecule has 5 nitrogen and oxygen atoms in total. The van der Waals surface area contributed by atoms with Crippen LogP contribution >= 0.6 is 11.6 Å². The molecular formula is C28H28ClNO4. The molecule has 2 atom stereocenters. The molecule has 1 N–H and O–H groups in total. The highest BCUT2D eigenvalue weighted by Gasteiger charge is 2.50. The van der Waals surface area contributed by atoms with E-state index >= 15 is 0 Å². The Kier molecular flexibility index (Phi) is 5.36. The fraction of sp³-hybridized carbons (Fsp3) is 0.357. The Morgan fingerprint density at radius 3 is 2.71 bits per heavy atom. The normalized spacial score (nSPS) is 24.8. The molecule has 176 valence electrons. The van der Waals surface area contributed by atoms with E-state index in [1.807, 2.05) is 49.4 Å². The van der Waals surface area contributed by atoms with Crippen LogP contribution in [0.15, 0.2) is 60.3 Å². The molecule has 1 amide bonds. The van der Waals surface area contributed by atoms with Crippen LogP contribution in [0.25, 0.3) is 0 Å². The van der Waals surface area contributed by atoms with Crippen LogP contribution < -0.4 is 9.64 Å². The van der Waals surface area contributed by atoms with Crippen molar-refractivity contribution in [2.75, 3.05) is 4.90 Å². The van der Waals surface area contributed by atoms with Crippen LogP contribution in [0.2, 0.25) is 5.02 Å². The summed E-state index contributed by atoms with van der Waals surface area (Å²) >= 11 is 6.40. The van der Waals surface area contributed by atoms with Crippen molar-refractivity contribution in [1.29, 1.82) is 0 Å². The maximum atomic E-state index is 14.1. The van der Waals surface area contributed by atoms with Crippen LogP contribution in [-0.2, 0) is 21.4 Å². The zero-order chi connectivity index (χ0) is 24.3. The molecule has 2 aliphatic heterocycles. The van der Waals surface area contributed by atoms with Gasteiger partial charge in [-0.3, -0.25) is 14.5 Å². The molecular weight excluding hydrogens is 450 g/mol. The molecule has 0 fully saturated rings. The number of carbonyl (C=O) groups is 2. The minimum atomic E-state index is -0.908. The van der Waals surface area contributed by atoms with Crippen molar-refractivity contribution >= 4 is 29.2 Å². The van der Waals surface area contributed by atoms with E-state index in [9.17, 15) is 9.59 Å². The van der Waals surface area contributed by atoms with E-state index in [0.717, 1.165) is 46.7 Å². The predicted octanol–water partition coefficient (Wildman–Crippen LogP) is 6.03. The number of rotatable bonds is 4. The van der Waals surface area contributed by atoms with Crippen molar-refractivity contribution in [1.82, 2.24) is 0 Å². The highest BCUT2D eigenvalue weighted by molar-refractivity contribution is 6.31. The first-order valence-corrected chi connectivity index (χ1v) is 12.0. The molecule has 0 spiro atoms. The van der Waals surface area contributed by atoms with Gasteiger partial charge in [0, 0.05) is 10.7 Å². The van der Waals surface area contributed by atoms with E-state index in [1.54, 1.807) is 11.0 Å². The van der Waals surface area contributed by atoms with E-state index in [0.29, 0.717) is 11.4 Å². The number of carboxylic acid groups (broad SMARTS) is 1. The second-order valence-corrected chi connectivity index (χ2v) is 10.6. The lowest BCUT2D eigenvalue weighted by Gasteiger charge is -2.34. The van der Waals surface area contributed by atoms with Gasteiger partial charge in [0.2, 0.25) is 5.91 Å². The average molecular weight is 478 g/mol. The Hall–Kier alpha value is -3.05. The first-order valence-electron chi connectivity index (χ1n) is 11.7. The lowest BCUT2D eigenvalue weighted by molar-refractivity contribution is -0.137. The quantitative estimate of drug-likeness (QED) is 0.583. The number of anilines is 1. The van der Waals surface area contributed by atoms with Crippen LogP contribution in [0.5, 0.6) is 5.75 Å².